The molecule has 1 aromatic rings. The molecule has 21 heavy (non-hydrogen) atoms. The Balaban J connectivity index is 1.95. The second kappa shape index (κ2) is 7.54. The van der Waals surface area contributed by atoms with E-state index in [1.165, 1.54) is 0 Å². The van der Waals surface area contributed by atoms with Crippen LogP contribution in [0, 0.1) is 0 Å². The third-order valence-electron chi connectivity index (χ3n) is 4.10. The molecular formula is C16H25N3O2. The summed E-state index contributed by atoms with van der Waals surface area (Å²) in [5.74, 6) is 0.0147. The third-order valence-corrected chi connectivity index (χ3v) is 4.10. The fraction of sp³-hybridized carbons (Fsp3) is 0.562. The number of nitrogens with one attached hydrogen (secondary N) is 1. The summed E-state index contributed by atoms with van der Waals surface area (Å²) in [5.41, 5.74) is 7.43. The number of amides is 1. The molecule has 0 aliphatic carbocycles. The first-order valence-corrected chi connectivity index (χ1v) is 7.50. The van der Waals surface area contributed by atoms with Crippen molar-refractivity contribution in [2.24, 2.45) is 5.73 Å². The van der Waals surface area contributed by atoms with Crippen molar-refractivity contribution in [3.63, 3.8) is 0 Å². The summed E-state index contributed by atoms with van der Waals surface area (Å²) in [6, 6.07) is 7.50. The summed E-state index contributed by atoms with van der Waals surface area (Å²) in [6.07, 6.45) is 2.37. The molecule has 1 aliphatic heterocycles. The molecule has 2 rings (SSSR count). The maximum absolute atomic E-state index is 12.4. The van der Waals surface area contributed by atoms with E-state index in [2.05, 4.69) is 10.2 Å². The smallest absolute Gasteiger partial charge is 0.241 e. The average molecular weight is 291 g/mol. The van der Waals surface area contributed by atoms with Crippen LogP contribution in [0.1, 0.15) is 25.3 Å². The first-order valence-electron chi connectivity index (χ1n) is 7.50. The van der Waals surface area contributed by atoms with Gasteiger partial charge in [-0.1, -0.05) is 12.1 Å². The predicted molar refractivity (Wildman–Crippen MR) is 84.0 cm³/mol. The molecule has 0 bridgehead atoms. The van der Waals surface area contributed by atoms with Crippen molar-refractivity contribution in [2.75, 3.05) is 25.5 Å². The number of ether oxygens (including phenoxy) is 1. The van der Waals surface area contributed by atoms with Crippen molar-refractivity contribution >= 4 is 11.6 Å². The highest BCUT2D eigenvalue weighted by Gasteiger charge is 2.27. The summed E-state index contributed by atoms with van der Waals surface area (Å²) in [7, 11) is 1.73. The topological polar surface area (TPSA) is 67.6 Å². The van der Waals surface area contributed by atoms with Crippen LogP contribution in [-0.4, -0.2) is 43.2 Å². The highest BCUT2D eigenvalue weighted by molar-refractivity contribution is 5.94. The largest absolute Gasteiger partial charge is 0.380 e. The van der Waals surface area contributed by atoms with E-state index in [4.69, 9.17) is 10.5 Å². The monoisotopic (exact) mass is 291 g/mol. The molecule has 5 heteroatoms. The van der Waals surface area contributed by atoms with Gasteiger partial charge in [-0.15, -0.1) is 0 Å². The summed E-state index contributed by atoms with van der Waals surface area (Å²) in [4.78, 5) is 14.6. The molecule has 116 valence electrons. The lowest BCUT2D eigenvalue weighted by Crippen LogP contribution is -2.48. The molecule has 2 atom stereocenters. The number of piperidine rings is 1. The van der Waals surface area contributed by atoms with E-state index in [1.54, 1.807) is 7.11 Å². The number of benzene rings is 1. The van der Waals surface area contributed by atoms with Gasteiger partial charge in [-0.25, -0.2) is 0 Å². The first-order chi connectivity index (χ1) is 10.1. The Kier molecular flexibility index (Phi) is 5.73. The van der Waals surface area contributed by atoms with Crippen molar-refractivity contribution in [2.45, 2.75) is 38.5 Å². The zero-order valence-corrected chi connectivity index (χ0v) is 12.8. The zero-order chi connectivity index (χ0) is 15.2. The molecule has 2 unspecified atom stereocenters. The van der Waals surface area contributed by atoms with Crippen molar-refractivity contribution < 1.29 is 9.53 Å². The number of rotatable bonds is 5. The van der Waals surface area contributed by atoms with Crippen LogP contribution in [0.15, 0.2) is 24.3 Å². The highest BCUT2D eigenvalue weighted by atomic mass is 16.5. The average Bonchev–Trinajstić information content (AvgIpc) is 2.54. The molecular weight excluding hydrogens is 266 g/mol. The minimum absolute atomic E-state index is 0.0147. The Morgan fingerprint density at radius 1 is 1.57 bits per heavy atom. The van der Waals surface area contributed by atoms with Gasteiger partial charge in [0.2, 0.25) is 5.91 Å². The van der Waals surface area contributed by atoms with Gasteiger partial charge in [-0.3, -0.25) is 9.69 Å². The van der Waals surface area contributed by atoms with Gasteiger partial charge < -0.3 is 15.8 Å². The molecule has 0 spiro atoms. The Labute approximate surface area is 126 Å². The van der Waals surface area contributed by atoms with Crippen LogP contribution in [0.5, 0.6) is 0 Å². The number of likely N-dealkylation sites (tertiary alicyclic amines) is 1. The van der Waals surface area contributed by atoms with E-state index in [-0.39, 0.29) is 18.1 Å². The van der Waals surface area contributed by atoms with Gasteiger partial charge in [0.05, 0.1) is 12.1 Å². The normalized spacial score (nSPS) is 21.0. The molecule has 0 aromatic heterocycles. The van der Waals surface area contributed by atoms with Crippen molar-refractivity contribution in [3.8, 4) is 0 Å². The lowest BCUT2D eigenvalue weighted by Gasteiger charge is -2.35. The second-order valence-electron chi connectivity index (χ2n) is 5.56. The molecule has 0 radical (unpaired) electrons. The second-order valence-corrected chi connectivity index (χ2v) is 5.56. The lowest BCUT2D eigenvalue weighted by atomic mass is 10.1. The van der Waals surface area contributed by atoms with E-state index in [1.807, 2.05) is 31.2 Å². The molecule has 5 nitrogen and oxygen atoms in total. The molecule has 0 saturated carbocycles. The molecule has 1 amide bonds. The maximum Gasteiger partial charge on any atom is 0.241 e. The molecule has 1 saturated heterocycles. The Morgan fingerprint density at radius 3 is 3.10 bits per heavy atom. The Morgan fingerprint density at radius 2 is 2.38 bits per heavy atom. The molecule has 3 N–H and O–H groups in total. The fourth-order valence-corrected chi connectivity index (χ4v) is 2.70. The van der Waals surface area contributed by atoms with E-state index in [0.717, 1.165) is 37.2 Å². The van der Waals surface area contributed by atoms with Gasteiger partial charge in [-0.05, 0) is 44.0 Å². The predicted octanol–water partition coefficient (Wildman–Crippen LogP) is 1.58. The minimum atomic E-state index is -0.163. The van der Waals surface area contributed by atoms with Gasteiger partial charge in [0.15, 0.2) is 0 Å². The maximum atomic E-state index is 12.4. The van der Waals surface area contributed by atoms with Crippen molar-refractivity contribution in [1.29, 1.82) is 0 Å². The van der Waals surface area contributed by atoms with E-state index < -0.39 is 0 Å². The highest BCUT2D eigenvalue weighted by Crippen LogP contribution is 2.17. The molecule has 1 heterocycles. The van der Waals surface area contributed by atoms with Crippen LogP contribution in [0.25, 0.3) is 0 Å². The number of anilines is 1. The lowest BCUT2D eigenvalue weighted by molar-refractivity contribution is -0.122. The first kappa shape index (κ1) is 15.9. The SMILES string of the molecule is COC1CCCN(C(C)C(=O)Nc2cccc(CN)c2)C1. The van der Waals surface area contributed by atoms with Crippen LogP contribution in [0.2, 0.25) is 0 Å². The van der Waals surface area contributed by atoms with E-state index in [9.17, 15) is 4.79 Å². The van der Waals surface area contributed by atoms with Crippen LogP contribution >= 0.6 is 0 Å². The number of carbonyl (C=O) groups excluding carboxylic acids is 1. The fourth-order valence-electron chi connectivity index (χ4n) is 2.70. The number of hydrogen-bond acceptors (Lipinski definition) is 4. The number of nitrogens with two attached hydrogens (primary N) is 1. The van der Waals surface area contributed by atoms with Gasteiger partial charge >= 0.3 is 0 Å². The van der Waals surface area contributed by atoms with Gasteiger partial charge in [0.25, 0.3) is 0 Å². The van der Waals surface area contributed by atoms with Crippen molar-refractivity contribution in [3.05, 3.63) is 29.8 Å². The molecule has 1 aliphatic rings. The summed E-state index contributed by atoms with van der Waals surface area (Å²) >= 11 is 0. The van der Waals surface area contributed by atoms with E-state index in [0.29, 0.717) is 6.54 Å². The van der Waals surface area contributed by atoms with Gasteiger partial charge in [-0.2, -0.15) is 0 Å². The number of methoxy groups -OCH3 is 1. The summed E-state index contributed by atoms with van der Waals surface area (Å²) in [5, 5.41) is 2.97. The van der Waals surface area contributed by atoms with Crippen molar-refractivity contribution in [1.82, 2.24) is 4.90 Å². The molecule has 1 aromatic carbocycles. The van der Waals surface area contributed by atoms with Gasteiger partial charge in [0.1, 0.15) is 0 Å². The third kappa shape index (κ3) is 4.27. The number of carbonyl (C=O) groups is 1. The van der Waals surface area contributed by atoms with Crippen LogP contribution in [-0.2, 0) is 16.1 Å². The number of hydrogen-bond donors (Lipinski definition) is 2. The standard InChI is InChI=1S/C16H25N3O2/c1-12(19-8-4-7-15(11-19)21-2)16(20)18-14-6-3-5-13(9-14)10-17/h3,5-6,9,12,15H,4,7-8,10-11,17H2,1-2H3,(H,18,20). The Bertz CT molecular complexity index is 478. The minimum Gasteiger partial charge on any atom is -0.380 e. The Hall–Kier alpha value is -1.43. The summed E-state index contributed by atoms with van der Waals surface area (Å²) < 4.78 is 5.41. The van der Waals surface area contributed by atoms with Gasteiger partial charge in [0, 0.05) is 25.9 Å². The number of nitrogens with zero attached hydrogens (tertiary/aromatic N) is 1. The quantitative estimate of drug-likeness (QED) is 0.864. The van der Waals surface area contributed by atoms with E-state index >= 15 is 0 Å². The van der Waals surface area contributed by atoms with Crippen LogP contribution in [0.3, 0.4) is 0 Å². The molecule has 1 fully saturated rings. The summed E-state index contributed by atoms with van der Waals surface area (Å²) in [6.45, 7) is 4.17. The van der Waals surface area contributed by atoms with Crippen LogP contribution in [0.4, 0.5) is 5.69 Å². The zero-order valence-electron chi connectivity index (χ0n) is 12.8. The van der Waals surface area contributed by atoms with Crippen LogP contribution < -0.4 is 11.1 Å².